The Bertz CT molecular complexity index is 954. The number of aryl methyl sites for hydroxylation is 2. The van der Waals surface area contributed by atoms with E-state index in [0.717, 1.165) is 24.6 Å². The van der Waals surface area contributed by atoms with E-state index < -0.39 is 5.41 Å². The number of ether oxygens (including phenoxy) is 2. The molecule has 2 aromatic rings. The van der Waals surface area contributed by atoms with Crippen molar-refractivity contribution in [3.8, 4) is 0 Å². The first kappa shape index (κ1) is 23.5. The fourth-order valence-electron chi connectivity index (χ4n) is 4.78. The third-order valence-electron chi connectivity index (χ3n) is 6.88. The van der Waals surface area contributed by atoms with Gasteiger partial charge in [-0.1, -0.05) is 87.4 Å². The van der Waals surface area contributed by atoms with E-state index in [-0.39, 0.29) is 12.1 Å². The van der Waals surface area contributed by atoms with E-state index in [4.69, 9.17) is 19.5 Å². The Morgan fingerprint density at radius 2 is 1.18 bits per heavy atom. The molecule has 4 nitrogen and oxygen atoms in total. The van der Waals surface area contributed by atoms with Crippen LogP contribution in [0.4, 0.5) is 0 Å². The summed E-state index contributed by atoms with van der Waals surface area (Å²) < 4.78 is 12.8. The maximum absolute atomic E-state index is 6.39. The zero-order chi connectivity index (χ0) is 23.6. The average Bonchev–Trinajstić information content (AvgIpc) is 3.44. The lowest BCUT2D eigenvalue weighted by Crippen LogP contribution is -2.44. The largest absolute Gasteiger partial charge is 0.478 e. The highest BCUT2D eigenvalue weighted by atomic mass is 16.5. The van der Waals surface area contributed by atoms with Gasteiger partial charge in [0.05, 0.1) is 12.1 Å². The number of benzene rings is 2. The Balaban J connectivity index is 1.86. The molecule has 4 heteroatoms. The van der Waals surface area contributed by atoms with Crippen molar-refractivity contribution in [1.29, 1.82) is 0 Å². The van der Waals surface area contributed by atoms with Gasteiger partial charge in [-0.2, -0.15) is 0 Å². The molecule has 2 aliphatic rings. The van der Waals surface area contributed by atoms with Gasteiger partial charge in [0.1, 0.15) is 18.6 Å². The van der Waals surface area contributed by atoms with Crippen LogP contribution in [0.5, 0.6) is 0 Å². The zero-order valence-corrected chi connectivity index (χ0v) is 21.0. The first-order valence-electron chi connectivity index (χ1n) is 12.3. The molecule has 0 aromatic heterocycles. The average molecular weight is 447 g/mol. The summed E-state index contributed by atoms with van der Waals surface area (Å²) in [5.41, 5.74) is 4.44. The summed E-state index contributed by atoms with van der Waals surface area (Å²) >= 11 is 0. The van der Waals surface area contributed by atoms with E-state index in [2.05, 4.69) is 90.1 Å². The third-order valence-corrected chi connectivity index (χ3v) is 6.88. The maximum atomic E-state index is 6.39. The van der Waals surface area contributed by atoms with Crippen LogP contribution in [-0.2, 0) is 22.3 Å². The van der Waals surface area contributed by atoms with Gasteiger partial charge < -0.3 is 9.47 Å². The predicted molar refractivity (Wildman–Crippen MR) is 136 cm³/mol. The van der Waals surface area contributed by atoms with Gasteiger partial charge in [-0.25, -0.2) is 9.98 Å². The van der Waals surface area contributed by atoms with E-state index in [1.54, 1.807) is 0 Å². The van der Waals surface area contributed by atoms with E-state index in [0.29, 0.717) is 25.0 Å². The Morgan fingerprint density at radius 1 is 0.758 bits per heavy atom. The van der Waals surface area contributed by atoms with Gasteiger partial charge in [-0.3, -0.25) is 0 Å². The van der Waals surface area contributed by atoms with Crippen molar-refractivity contribution in [3.63, 3.8) is 0 Å². The molecule has 0 saturated carbocycles. The van der Waals surface area contributed by atoms with Crippen LogP contribution < -0.4 is 0 Å². The highest BCUT2D eigenvalue weighted by Crippen LogP contribution is 2.38. The van der Waals surface area contributed by atoms with Crippen LogP contribution in [0.15, 0.2) is 58.5 Å². The summed E-state index contributed by atoms with van der Waals surface area (Å²) in [6.07, 6.45) is 1.49. The lowest BCUT2D eigenvalue weighted by Gasteiger charge is -2.33. The summed E-state index contributed by atoms with van der Waals surface area (Å²) in [6.45, 7) is 14.4. The fourth-order valence-corrected chi connectivity index (χ4v) is 4.78. The molecule has 0 spiro atoms. The molecule has 0 amide bonds. The van der Waals surface area contributed by atoms with E-state index in [1.165, 1.54) is 22.3 Å². The summed E-state index contributed by atoms with van der Waals surface area (Å²) in [5, 5.41) is 0. The smallest absolute Gasteiger partial charge is 0.200 e. The second-order valence-electron chi connectivity index (χ2n) is 10.5. The topological polar surface area (TPSA) is 43.2 Å². The standard InChI is InChI=1S/C29H38N2O2/c1-19(2)25-17-32-27(30-25)29(15-23-11-7-9-21(5)13-23,16-24-12-8-10-22(6)14-24)28-31-26(18-33-28)20(3)4/h7-14,19-20,25-26H,15-18H2,1-6H3/t25-,26-/m1/s1. The summed E-state index contributed by atoms with van der Waals surface area (Å²) in [7, 11) is 0. The van der Waals surface area contributed by atoms with Gasteiger partial charge >= 0.3 is 0 Å². The van der Waals surface area contributed by atoms with Gasteiger partial charge in [0.2, 0.25) is 0 Å². The minimum atomic E-state index is -0.561. The zero-order valence-electron chi connectivity index (χ0n) is 21.0. The first-order chi connectivity index (χ1) is 15.8. The highest BCUT2D eigenvalue weighted by Gasteiger charge is 2.49. The van der Waals surface area contributed by atoms with E-state index in [9.17, 15) is 0 Å². The van der Waals surface area contributed by atoms with Crippen molar-refractivity contribution >= 4 is 11.8 Å². The molecule has 176 valence electrons. The minimum Gasteiger partial charge on any atom is -0.478 e. The molecule has 0 fully saturated rings. The molecule has 4 rings (SSSR count). The molecule has 2 atom stereocenters. The molecule has 2 aromatic carbocycles. The summed E-state index contributed by atoms with van der Waals surface area (Å²) in [5.74, 6) is 2.42. The third kappa shape index (κ3) is 5.15. The van der Waals surface area contributed by atoms with Crippen molar-refractivity contribution in [1.82, 2.24) is 0 Å². The number of aliphatic imine (C=N–C) groups is 2. The monoisotopic (exact) mass is 446 g/mol. The van der Waals surface area contributed by atoms with Crippen molar-refractivity contribution in [2.75, 3.05) is 13.2 Å². The van der Waals surface area contributed by atoms with Gasteiger partial charge in [0.15, 0.2) is 11.8 Å². The van der Waals surface area contributed by atoms with Crippen LogP contribution in [-0.4, -0.2) is 37.1 Å². The van der Waals surface area contributed by atoms with Crippen LogP contribution in [0.3, 0.4) is 0 Å². The van der Waals surface area contributed by atoms with Gasteiger partial charge in [-0.05, 0) is 49.7 Å². The Morgan fingerprint density at radius 3 is 1.52 bits per heavy atom. The van der Waals surface area contributed by atoms with Crippen LogP contribution in [0.25, 0.3) is 0 Å². The van der Waals surface area contributed by atoms with Gasteiger partial charge in [0.25, 0.3) is 0 Å². The van der Waals surface area contributed by atoms with Crippen LogP contribution in [0, 0.1) is 31.1 Å². The molecule has 0 saturated heterocycles. The fraction of sp³-hybridized carbons (Fsp3) is 0.517. The summed E-state index contributed by atoms with van der Waals surface area (Å²) in [6, 6.07) is 17.8. The predicted octanol–water partition coefficient (Wildman–Crippen LogP) is 5.98. The number of hydrogen-bond donors (Lipinski definition) is 0. The van der Waals surface area contributed by atoms with Crippen molar-refractivity contribution in [2.24, 2.45) is 27.2 Å². The van der Waals surface area contributed by atoms with E-state index >= 15 is 0 Å². The molecular formula is C29H38N2O2. The lowest BCUT2D eigenvalue weighted by atomic mass is 9.75. The van der Waals surface area contributed by atoms with Gasteiger partial charge in [-0.15, -0.1) is 0 Å². The number of rotatable bonds is 8. The first-order valence-corrected chi connectivity index (χ1v) is 12.3. The van der Waals surface area contributed by atoms with E-state index in [1.807, 2.05) is 0 Å². The van der Waals surface area contributed by atoms with Crippen LogP contribution in [0.1, 0.15) is 49.9 Å². The Labute approximate surface area is 199 Å². The lowest BCUT2D eigenvalue weighted by molar-refractivity contribution is 0.237. The van der Waals surface area contributed by atoms with Crippen molar-refractivity contribution in [3.05, 3.63) is 70.8 Å². The van der Waals surface area contributed by atoms with Crippen molar-refractivity contribution in [2.45, 2.75) is 66.5 Å². The second-order valence-corrected chi connectivity index (χ2v) is 10.5. The molecule has 0 N–H and O–H groups in total. The Kier molecular flexibility index (Phi) is 6.92. The van der Waals surface area contributed by atoms with Crippen LogP contribution in [0.2, 0.25) is 0 Å². The quantitative estimate of drug-likeness (QED) is 0.500. The molecule has 2 aliphatic heterocycles. The molecule has 2 heterocycles. The van der Waals surface area contributed by atoms with Crippen LogP contribution >= 0.6 is 0 Å². The summed E-state index contributed by atoms with van der Waals surface area (Å²) in [4.78, 5) is 10.3. The molecule has 0 radical (unpaired) electrons. The Hall–Kier alpha value is -2.62. The maximum Gasteiger partial charge on any atom is 0.200 e. The highest BCUT2D eigenvalue weighted by molar-refractivity contribution is 6.07. The molecule has 0 bridgehead atoms. The molecule has 0 unspecified atom stereocenters. The molecule has 33 heavy (non-hydrogen) atoms. The number of nitrogens with zero attached hydrogens (tertiary/aromatic N) is 2. The second kappa shape index (κ2) is 9.70. The normalized spacial score (nSPS) is 20.6. The molecule has 0 aliphatic carbocycles. The van der Waals surface area contributed by atoms with Gasteiger partial charge in [0, 0.05) is 0 Å². The SMILES string of the molecule is Cc1cccc(CC(Cc2cccc(C)c2)(C2=N[C@@H](C(C)C)CO2)C2=N[C@@H](C(C)C)CO2)c1. The van der Waals surface area contributed by atoms with Crippen molar-refractivity contribution < 1.29 is 9.47 Å². The number of hydrogen-bond acceptors (Lipinski definition) is 4. The minimum absolute atomic E-state index is 0.164. The molecular weight excluding hydrogens is 408 g/mol.